The summed E-state index contributed by atoms with van der Waals surface area (Å²) in [5.41, 5.74) is 1.75. The van der Waals surface area contributed by atoms with Gasteiger partial charge in [-0.1, -0.05) is 0 Å². The van der Waals surface area contributed by atoms with Crippen LogP contribution in [0.25, 0.3) is 0 Å². The maximum atomic E-state index is 12.3. The Kier molecular flexibility index (Phi) is 4.61. The second-order valence-electron chi connectivity index (χ2n) is 5.20. The molecule has 5 nitrogen and oxygen atoms in total. The van der Waals surface area contributed by atoms with Crippen LogP contribution in [0.3, 0.4) is 0 Å². The molecular weight excluding hydrogens is 300 g/mol. The molecule has 0 aliphatic rings. The molecule has 0 spiro atoms. The SMILES string of the molecule is Cc1cc(C(C)NC(=O)c2ccc(C(=O)O)c(C)n2)c(C)s1. The third kappa shape index (κ3) is 3.33. The third-order valence-electron chi connectivity index (χ3n) is 3.44. The van der Waals surface area contributed by atoms with Crippen molar-refractivity contribution < 1.29 is 14.7 Å². The lowest BCUT2D eigenvalue weighted by Crippen LogP contribution is -2.28. The predicted octanol–water partition coefficient (Wildman–Crippen LogP) is 3.26. The number of hydrogen-bond donors (Lipinski definition) is 2. The fourth-order valence-electron chi connectivity index (χ4n) is 2.34. The summed E-state index contributed by atoms with van der Waals surface area (Å²) in [5, 5.41) is 11.9. The van der Waals surface area contributed by atoms with E-state index in [1.54, 1.807) is 18.3 Å². The number of aromatic nitrogens is 1. The Morgan fingerprint density at radius 2 is 1.95 bits per heavy atom. The molecule has 2 rings (SSSR count). The minimum Gasteiger partial charge on any atom is -0.478 e. The molecular formula is C16H18N2O3S. The van der Waals surface area contributed by atoms with Crippen LogP contribution in [-0.4, -0.2) is 22.0 Å². The fourth-order valence-corrected chi connectivity index (χ4v) is 3.36. The molecule has 0 saturated heterocycles. The van der Waals surface area contributed by atoms with E-state index in [0.29, 0.717) is 5.69 Å². The number of amides is 1. The van der Waals surface area contributed by atoms with E-state index in [-0.39, 0.29) is 23.2 Å². The van der Waals surface area contributed by atoms with Gasteiger partial charge in [0, 0.05) is 9.75 Å². The molecule has 1 unspecified atom stereocenters. The van der Waals surface area contributed by atoms with Crippen molar-refractivity contribution in [2.24, 2.45) is 0 Å². The van der Waals surface area contributed by atoms with Crippen LogP contribution in [0.1, 0.15) is 54.8 Å². The van der Waals surface area contributed by atoms with Gasteiger partial charge < -0.3 is 10.4 Å². The normalized spacial score (nSPS) is 12.0. The summed E-state index contributed by atoms with van der Waals surface area (Å²) in [6.45, 7) is 7.56. The van der Waals surface area contributed by atoms with E-state index in [0.717, 1.165) is 5.56 Å². The highest BCUT2D eigenvalue weighted by atomic mass is 32.1. The first-order valence-corrected chi connectivity index (χ1v) is 7.70. The average Bonchev–Trinajstić information content (AvgIpc) is 2.77. The number of nitrogens with one attached hydrogen (secondary N) is 1. The zero-order valence-electron chi connectivity index (χ0n) is 12.9. The van der Waals surface area contributed by atoms with Gasteiger partial charge in [-0.15, -0.1) is 11.3 Å². The molecule has 0 aromatic carbocycles. The quantitative estimate of drug-likeness (QED) is 0.907. The van der Waals surface area contributed by atoms with Gasteiger partial charge in [0.25, 0.3) is 5.91 Å². The number of pyridine rings is 1. The van der Waals surface area contributed by atoms with Crippen LogP contribution >= 0.6 is 11.3 Å². The van der Waals surface area contributed by atoms with Crippen LogP contribution in [0.5, 0.6) is 0 Å². The van der Waals surface area contributed by atoms with E-state index in [2.05, 4.69) is 16.4 Å². The van der Waals surface area contributed by atoms with E-state index < -0.39 is 5.97 Å². The maximum Gasteiger partial charge on any atom is 0.337 e. The van der Waals surface area contributed by atoms with Gasteiger partial charge in [-0.2, -0.15) is 0 Å². The van der Waals surface area contributed by atoms with Gasteiger partial charge in [-0.3, -0.25) is 4.79 Å². The number of carboxylic acid groups (broad SMARTS) is 1. The van der Waals surface area contributed by atoms with Crippen LogP contribution in [0.4, 0.5) is 0 Å². The highest BCUT2D eigenvalue weighted by molar-refractivity contribution is 7.12. The Bertz CT molecular complexity index is 737. The molecule has 0 saturated carbocycles. The summed E-state index contributed by atoms with van der Waals surface area (Å²) in [7, 11) is 0. The number of carbonyl (C=O) groups excluding carboxylic acids is 1. The van der Waals surface area contributed by atoms with Crippen molar-refractivity contribution in [3.8, 4) is 0 Å². The van der Waals surface area contributed by atoms with E-state index in [4.69, 9.17) is 5.11 Å². The molecule has 2 aromatic heterocycles. The molecule has 6 heteroatoms. The average molecular weight is 318 g/mol. The molecule has 22 heavy (non-hydrogen) atoms. The minimum absolute atomic E-state index is 0.105. The second kappa shape index (κ2) is 6.27. The molecule has 116 valence electrons. The Balaban J connectivity index is 2.17. The first kappa shape index (κ1) is 16.2. The monoisotopic (exact) mass is 318 g/mol. The van der Waals surface area contributed by atoms with Crippen molar-refractivity contribution in [2.45, 2.75) is 33.7 Å². The van der Waals surface area contributed by atoms with Crippen LogP contribution in [0, 0.1) is 20.8 Å². The fraction of sp³-hybridized carbons (Fsp3) is 0.312. The highest BCUT2D eigenvalue weighted by Gasteiger charge is 2.17. The number of aryl methyl sites for hydroxylation is 3. The summed E-state index contributed by atoms with van der Waals surface area (Å²) >= 11 is 1.70. The molecule has 2 N–H and O–H groups in total. The van der Waals surface area contributed by atoms with Crippen molar-refractivity contribution in [1.82, 2.24) is 10.3 Å². The van der Waals surface area contributed by atoms with E-state index in [1.165, 1.54) is 21.9 Å². The lowest BCUT2D eigenvalue weighted by Gasteiger charge is -2.14. The summed E-state index contributed by atoms with van der Waals surface area (Å²) < 4.78 is 0. The van der Waals surface area contributed by atoms with Gasteiger partial charge in [0.1, 0.15) is 5.69 Å². The van der Waals surface area contributed by atoms with Gasteiger partial charge in [0.05, 0.1) is 17.3 Å². The lowest BCUT2D eigenvalue weighted by atomic mass is 10.1. The summed E-state index contributed by atoms with van der Waals surface area (Å²) in [4.78, 5) is 29.7. The zero-order chi connectivity index (χ0) is 16.4. The number of aromatic carboxylic acids is 1. The van der Waals surface area contributed by atoms with E-state index in [1.807, 2.05) is 20.8 Å². The van der Waals surface area contributed by atoms with Crippen molar-refractivity contribution in [3.63, 3.8) is 0 Å². The molecule has 0 aliphatic carbocycles. The second-order valence-corrected chi connectivity index (χ2v) is 6.66. The minimum atomic E-state index is -1.05. The maximum absolute atomic E-state index is 12.3. The van der Waals surface area contributed by atoms with Crippen molar-refractivity contribution in [3.05, 3.63) is 50.5 Å². The first-order valence-electron chi connectivity index (χ1n) is 6.88. The molecule has 0 bridgehead atoms. The first-order chi connectivity index (χ1) is 10.3. The number of rotatable bonds is 4. The Morgan fingerprint density at radius 1 is 1.27 bits per heavy atom. The number of hydrogen-bond acceptors (Lipinski definition) is 4. The summed E-state index contributed by atoms with van der Waals surface area (Å²) in [6, 6.07) is 4.78. The third-order valence-corrected chi connectivity index (χ3v) is 4.42. The molecule has 1 amide bonds. The Morgan fingerprint density at radius 3 is 2.45 bits per heavy atom. The van der Waals surface area contributed by atoms with E-state index >= 15 is 0 Å². The van der Waals surface area contributed by atoms with Crippen LogP contribution in [0.15, 0.2) is 18.2 Å². The Labute approximate surface area is 133 Å². The zero-order valence-corrected chi connectivity index (χ0v) is 13.7. The number of nitrogens with zero attached hydrogens (tertiary/aromatic N) is 1. The van der Waals surface area contributed by atoms with E-state index in [9.17, 15) is 9.59 Å². The summed E-state index contributed by atoms with van der Waals surface area (Å²) in [6.07, 6.45) is 0. The van der Waals surface area contributed by atoms with Gasteiger partial charge >= 0.3 is 5.97 Å². The molecule has 2 aromatic rings. The van der Waals surface area contributed by atoms with Gasteiger partial charge in [0.15, 0.2) is 0 Å². The van der Waals surface area contributed by atoms with Crippen molar-refractivity contribution in [2.75, 3.05) is 0 Å². The molecule has 0 fully saturated rings. The van der Waals surface area contributed by atoms with Crippen molar-refractivity contribution in [1.29, 1.82) is 0 Å². The van der Waals surface area contributed by atoms with Crippen molar-refractivity contribution >= 4 is 23.2 Å². The van der Waals surface area contributed by atoms with Crippen LogP contribution in [0.2, 0.25) is 0 Å². The largest absolute Gasteiger partial charge is 0.478 e. The van der Waals surface area contributed by atoms with Crippen LogP contribution in [-0.2, 0) is 0 Å². The van der Waals surface area contributed by atoms with Gasteiger partial charge in [-0.05, 0) is 51.5 Å². The standard InChI is InChI=1S/C16H18N2O3S/c1-8-7-13(11(4)22-8)10(3)18-15(19)14-6-5-12(16(20)21)9(2)17-14/h5-7,10H,1-4H3,(H,18,19)(H,20,21). The number of thiophene rings is 1. The molecule has 0 aliphatic heterocycles. The van der Waals surface area contributed by atoms with Gasteiger partial charge in [-0.25, -0.2) is 9.78 Å². The number of carboxylic acids is 1. The Hall–Kier alpha value is -2.21. The topological polar surface area (TPSA) is 79.3 Å². The molecule has 1 atom stereocenters. The van der Waals surface area contributed by atoms with Crippen LogP contribution < -0.4 is 5.32 Å². The molecule has 0 radical (unpaired) electrons. The molecule has 2 heterocycles. The lowest BCUT2D eigenvalue weighted by molar-refractivity contribution is 0.0694. The summed E-state index contributed by atoms with van der Waals surface area (Å²) in [5.74, 6) is -1.36. The smallest absolute Gasteiger partial charge is 0.337 e. The highest BCUT2D eigenvalue weighted by Crippen LogP contribution is 2.26. The number of carbonyl (C=O) groups is 2. The van der Waals surface area contributed by atoms with Gasteiger partial charge in [0.2, 0.25) is 0 Å². The predicted molar refractivity (Wildman–Crippen MR) is 85.6 cm³/mol.